The lowest BCUT2D eigenvalue weighted by atomic mass is 10.0. The first kappa shape index (κ1) is 29.2. The topological polar surface area (TPSA) is 86.8 Å². The number of anilines is 1. The molecule has 3 aromatic rings. The second-order valence-electron chi connectivity index (χ2n) is 9.20. The summed E-state index contributed by atoms with van der Waals surface area (Å²) in [6.45, 7) is 2.19. The number of carbonyl (C=O) groups excluding carboxylic acids is 2. The molecule has 0 aromatic heterocycles. The van der Waals surface area contributed by atoms with Gasteiger partial charge in [-0.1, -0.05) is 72.3 Å². The van der Waals surface area contributed by atoms with Crippen LogP contribution in [0.5, 0.6) is 0 Å². The average Bonchev–Trinajstić information content (AvgIpc) is 2.88. The molecule has 1 N–H and O–H groups in total. The fraction of sp³-hybridized carbons (Fsp3) is 0.310. The molecule has 38 heavy (non-hydrogen) atoms. The number of likely N-dealkylation sites (N-methyl/N-ethyl adjacent to an activating group) is 1. The number of rotatable bonds is 12. The fourth-order valence-corrected chi connectivity index (χ4v) is 5.61. The van der Waals surface area contributed by atoms with Crippen LogP contribution in [-0.4, -0.2) is 51.0 Å². The van der Waals surface area contributed by atoms with Gasteiger partial charge in [-0.25, -0.2) is 8.42 Å². The van der Waals surface area contributed by atoms with Crippen LogP contribution in [0.2, 0.25) is 5.02 Å². The van der Waals surface area contributed by atoms with Crippen molar-refractivity contribution in [2.75, 3.05) is 24.2 Å². The van der Waals surface area contributed by atoms with Gasteiger partial charge in [0.1, 0.15) is 6.04 Å². The van der Waals surface area contributed by atoms with E-state index < -0.39 is 16.1 Å². The summed E-state index contributed by atoms with van der Waals surface area (Å²) in [5.74, 6) is -0.519. The summed E-state index contributed by atoms with van der Waals surface area (Å²) in [4.78, 5) is 28.3. The van der Waals surface area contributed by atoms with Gasteiger partial charge < -0.3 is 10.2 Å². The van der Waals surface area contributed by atoms with Gasteiger partial charge in [-0.2, -0.15) is 0 Å². The Kier molecular flexibility index (Phi) is 10.3. The van der Waals surface area contributed by atoms with Crippen LogP contribution in [0.1, 0.15) is 29.5 Å². The van der Waals surface area contributed by atoms with Crippen LogP contribution in [-0.2, 0) is 32.6 Å². The number of nitrogens with one attached hydrogen (secondary N) is 1. The van der Waals surface area contributed by atoms with Crippen molar-refractivity contribution in [1.29, 1.82) is 0 Å². The van der Waals surface area contributed by atoms with Crippen LogP contribution in [0.25, 0.3) is 0 Å². The zero-order valence-corrected chi connectivity index (χ0v) is 23.5. The third-order valence-corrected chi connectivity index (χ3v) is 7.71. The minimum atomic E-state index is -3.56. The number of sulfonamides is 1. The van der Waals surface area contributed by atoms with E-state index in [-0.39, 0.29) is 37.7 Å². The molecule has 0 saturated heterocycles. The zero-order chi connectivity index (χ0) is 27.7. The Morgan fingerprint density at radius 3 is 2.24 bits per heavy atom. The summed E-state index contributed by atoms with van der Waals surface area (Å²) < 4.78 is 26.5. The van der Waals surface area contributed by atoms with E-state index in [0.717, 1.165) is 22.9 Å². The van der Waals surface area contributed by atoms with Gasteiger partial charge in [-0.15, -0.1) is 0 Å². The molecular formula is C29H34ClN3O4S. The van der Waals surface area contributed by atoms with Crippen LogP contribution < -0.4 is 9.62 Å². The van der Waals surface area contributed by atoms with Gasteiger partial charge in [0, 0.05) is 38.0 Å². The average molecular weight is 556 g/mol. The van der Waals surface area contributed by atoms with Gasteiger partial charge in [-0.3, -0.25) is 13.9 Å². The number of para-hydroxylation sites is 1. The molecule has 0 aliphatic carbocycles. The molecule has 3 rings (SSSR count). The highest BCUT2D eigenvalue weighted by atomic mass is 35.5. The molecule has 0 spiro atoms. The smallest absolute Gasteiger partial charge is 0.242 e. The summed E-state index contributed by atoms with van der Waals surface area (Å²) in [6, 6.07) is 23.2. The molecule has 1 atom stereocenters. The number of carbonyl (C=O) groups is 2. The maximum Gasteiger partial charge on any atom is 0.242 e. The minimum Gasteiger partial charge on any atom is -0.357 e. The molecule has 3 aromatic carbocycles. The number of halogens is 1. The Labute approximate surface area is 230 Å². The summed E-state index contributed by atoms with van der Waals surface area (Å²) in [5.41, 5.74) is 3.14. The second kappa shape index (κ2) is 13.4. The highest BCUT2D eigenvalue weighted by molar-refractivity contribution is 7.92. The molecule has 0 fully saturated rings. The SMILES string of the molecule is CNC(=O)[C@H](Cc1ccccc1)N(Cc1cccc(Cl)c1)C(=O)CCCN(c1ccccc1C)S(C)(=O)=O. The normalized spacial score (nSPS) is 12.0. The number of amides is 2. The van der Waals surface area contributed by atoms with Gasteiger partial charge in [0.05, 0.1) is 11.9 Å². The van der Waals surface area contributed by atoms with Gasteiger partial charge in [0.15, 0.2) is 0 Å². The minimum absolute atomic E-state index is 0.0702. The first-order valence-corrected chi connectivity index (χ1v) is 14.7. The molecule has 0 radical (unpaired) electrons. The highest BCUT2D eigenvalue weighted by Crippen LogP contribution is 2.23. The fourth-order valence-electron chi connectivity index (χ4n) is 4.38. The Morgan fingerprint density at radius 2 is 1.61 bits per heavy atom. The van der Waals surface area contributed by atoms with Crippen LogP contribution in [0, 0.1) is 6.92 Å². The lowest BCUT2D eigenvalue weighted by Crippen LogP contribution is -2.49. The highest BCUT2D eigenvalue weighted by Gasteiger charge is 2.30. The maximum atomic E-state index is 13.7. The second-order valence-corrected chi connectivity index (χ2v) is 11.5. The first-order valence-electron chi connectivity index (χ1n) is 12.4. The van der Waals surface area contributed by atoms with Crippen molar-refractivity contribution < 1.29 is 18.0 Å². The largest absolute Gasteiger partial charge is 0.357 e. The standard InChI is InChI=1S/C29H34ClN3O4S/c1-22-11-7-8-16-26(22)33(38(3,36)37)18-10-17-28(34)32(21-24-14-9-15-25(30)19-24)27(29(35)31-2)20-23-12-5-4-6-13-23/h4-9,11-16,19,27H,10,17-18,20-21H2,1-3H3,(H,31,35)/t27-/m0/s1. The van der Waals surface area contributed by atoms with Crippen molar-refractivity contribution in [2.45, 2.75) is 38.8 Å². The summed E-state index contributed by atoms with van der Waals surface area (Å²) >= 11 is 6.19. The third-order valence-electron chi connectivity index (χ3n) is 6.30. The van der Waals surface area contributed by atoms with E-state index in [0.29, 0.717) is 17.1 Å². The van der Waals surface area contributed by atoms with E-state index in [1.165, 1.54) is 4.31 Å². The van der Waals surface area contributed by atoms with Crippen molar-refractivity contribution in [3.8, 4) is 0 Å². The van der Waals surface area contributed by atoms with Crippen LogP contribution in [0.4, 0.5) is 5.69 Å². The Morgan fingerprint density at radius 1 is 0.947 bits per heavy atom. The van der Waals surface area contributed by atoms with Gasteiger partial charge in [0.2, 0.25) is 21.8 Å². The van der Waals surface area contributed by atoms with Crippen molar-refractivity contribution in [3.05, 3.63) is 101 Å². The van der Waals surface area contributed by atoms with Crippen LogP contribution in [0.3, 0.4) is 0 Å². The van der Waals surface area contributed by atoms with E-state index in [9.17, 15) is 18.0 Å². The molecule has 0 heterocycles. The summed E-state index contributed by atoms with van der Waals surface area (Å²) in [5, 5.41) is 3.23. The Balaban J connectivity index is 1.85. The maximum absolute atomic E-state index is 13.7. The zero-order valence-electron chi connectivity index (χ0n) is 21.9. The van der Waals surface area contributed by atoms with E-state index in [1.807, 2.05) is 55.5 Å². The number of nitrogens with zero attached hydrogens (tertiary/aromatic N) is 2. The van der Waals surface area contributed by atoms with Crippen molar-refractivity contribution in [3.63, 3.8) is 0 Å². The van der Waals surface area contributed by atoms with E-state index in [1.54, 1.807) is 42.3 Å². The van der Waals surface area contributed by atoms with Crippen LogP contribution in [0.15, 0.2) is 78.9 Å². The van der Waals surface area contributed by atoms with Gasteiger partial charge in [-0.05, 0) is 48.2 Å². The van der Waals surface area contributed by atoms with Crippen molar-refractivity contribution in [1.82, 2.24) is 10.2 Å². The van der Waals surface area contributed by atoms with Gasteiger partial charge in [0.25, 0.3) is 0 Å². The molecule has 0 aliphatic rings. The number of benzene rings is 3. The van der Waals surface area contributed by atoms with Gasteiger partial charge >= 0.3 is 0 Å². The molecule has 0 bridgehead atoms. The Hall–Kier alpha value is -3.36. The molecule has 0 unspecified atom stereocenters. The first-order chi connectivity index (χ1) is 18.1. The molecular weight excluding hydrogens is 522 g/mol. The molecule has 202 valence electrons. The predicted octanol–water partition coefficient (Wildman–Crippen LogP) is 4.58. The van der Waals surface area contributed by atoms with E-state index >= 15 is 0 Å². The third kappa shape index (κ3) is 8.07. The Bertz CT molecular complexity index is 1350. The lowest BCUT2D eigenvalue weighted by molar-refractivity contribution is -0.141. The lowest BCUT2D eigenvalue weighted by Gasteiger charge is -2.31. The molecule has 9 heteroatoms. The summed E-state index contributed by atoms with van der Waals surface area (Å²) in [6.07, 6.45) is 1.86. The molecule has 0 saturated carbocycles. The number of hydrogen-bond acceptors (Lipinski definition) is 4. The predicted molar refractivity (Wildman–Crippen MR) is 153 cm³/mol. The number of aryl methyl sites for hydroxylation is 1. The van der Waals surface area contributed by atoms with Crippen molar-refractivity contribution >= 4 is 39.1 Å². The van der Waals surface area contributed by atoms with E-state index in [4.69, 9.17) is 11.6 Å². The summed E-state index contributed by atoms with van der Waals surface area (Å²) in [7, 11) is -2.01. The number of hydrogen-bond donors (Lipinski definition) is 1. The van der Waals surface area contributed by atoms with Crippen molar-refractivity contribution in [2.24, 2.45) is 0 Å². The molecule has 0 aliphatic heterocycles. The van der Waals surface area contributed by atoms with Crippen LogP contribution >= 0.6 is 11.6 Å². The quantitative estimate of drug-likeness (QED) is 0.354. The molecule has 2 amide bonds. The van der Waals surface area contributed by atoms with E-state index in [2.05, 4.69) is 5.32 Å². The monoisotopic (exact) mass is 555 g/mol. The molecule has 7 nitrogen and oxygen atoms in total.